The van der Waals surface area contributed by atoms with Crippen LogP contribution in [0.2, 0.25) is 5.02 Å². The maximum atomic E-state index is 13.3. The fourth-order valence-electron chi connectivity index (χ4n) is 2.34. The molecule has 2 aromatic rings. The molecular formula is C17H19ClFNO. The molecule has 21 heavy (non-hydrogen) atoms. The number of benzene rings is 2. The summed E-state index contributed by atoms with van der Waals surface area (Å²) in [6.45, 7) is 0.527. The summed E-state index contributed by atoms with van der Waals surface area (Å²) in [5, 5.41) is 0.588. The lowest BCUT2D eigenvalue weighted by Gasteiger charge is -2.16. The third kappa shape index (κ3) is 4.45. The van der Waals surface area contributed by atoms with Crippen molar-refractivity contribution in [2.45, 2.75) is 12.8 Å². The fraction of sp³-hybridized carbons (Fsp3) is 0.294. The summed E-state index contributed by atoms with van der Waals surface area (Å²) in [6.07, 6.45) is 1.49. The van der Waals surface area contributed by atoms with Gasteiger partial charge >= 0.3 is 0 Å². The van der Waals surface area contributed by atoms with Crippen LogP contribution in [0.15, 0.2) is 42.5 Å². The summed E-state index contributed by atoms with van der Waals surface area (Å²) < 4.78 is 18.4. The number of rotatable bonds is 6. The van der Waals surface area contributed by atoms with Crippen molar-refractivity contribution in [2.75, 3.05) is 13.7 Å². The average Bonchev–Trinajstić information content (AvgIpc) is 2.51. The van der Waals surface area contributed by atoms with Gasteiger partial charge in [-0.05, 0) is 66.8 Å². The van der Waals surface area contributed by atoms with E-state index in [0.29, 0.717) is 18.0 Å². The zero-order valence-corrected chi connectivity index (χ0v) is 12.7. The van der Waals surface area contributed by atoms with Gasteiger partial charge in [0.25, 0.3) is 0 Å². The van der Waals surface area contributed by atoms with Crippen LogP contribution in [0.5, 0.6) is 5.75 Å². The van der Waals surface area contributed by atoms with E-state index < -0.39 is 0 Å². The van der Waals surface area contributed by atoms with Gasteiger partial charge in [0.1, 0.15) is 11.6 Å². The van der Waals surface area contributed by atoms with E-state index in [1.54, 1.807) is 13.2 Å². The van der Waals surface area contributed by atoms with Gasteiger partial charge in [0.05, 0.1) is 7.11 Å². The van der Waals surface area contributed by atoms with Gasteiger partial charge in [-0.25, -0.2) is 4.39 Å². The van der Waals surface area contributed by atoms with Gasteiger partial charge in [0.15, 0.2) is 0 Å². The predicted octanol–water partition coefficient (Wildman–Crippen LogP) is 3.85. The van der Waals surface area contributed by atoms with E-state index in [0.717, 1.165) is 17.7 Å². The molecule has 2 N–H and O–H groups in total. The van der Waals surface area contributed by atoms with Gasteiger partial charge in [-0.3, -0.25) is 0 Å². The first-order valence-corrected chi connectivity index (χ1v) is 7.27. The first kappa shape index (κ1) is 15.8. The van der Waals surface area contributed by atoms with Crippen molar-refractivity contribution in [2.24, 2.45) is 11.7 Å². The summed E-state index contributed by atoms with van der Waals surface area (Å²) in [5.74, 6) is 0.781. The van der Waals surface area contributed by atoms with Crippen LogP contribution in [0.25, 0.3) is 0 Å². The molecule has 0 aliphatic carbocycles. The minimum Gasteiger partial charge on any atom is -0.497 e. The third-order valence-corrected chi connectivity index (χ3v) is 3.90. The highest BCUT2D eigenvalue weighted by molar-refractivity contribution is 6.31. The first-order valence-electron chi connectivity index (χ1n) is 6.89. The molecule has 1 atom stereocenters. The average molecular weight is 308 g/mol. The van der Waals surface area contributed by atoms with Gasteiger partial charge in [0, 0.05) is 5.02 Å². The number of nitrogens with two attached hydrogens (primary N) is 1. The Labute approximate surface area is 129 Å². The second kappa shape index (κ2) is 7.43. The van der Waals surface area contributed by atoms with E-state index in [2.05, 4.69) is 0 Å². The Morgan fingerprint density at radius 1 is 1.14 bits per heavy atom. The van der Waals surface area contributed by atoms with E-state index >= 15 is 0 Å². The topological polar surface area (TPSA) is 35.2 Å². The minimum atomic E-state index is -0.269. The molecule has 2 rings (SSSR count). The molecule has 0 amide bonds. The van der Waals surface area contributed by atoms with E-state index in [1.807, 2.05) is 24.3 Å². The second-order valence-electron chi connectivity index (χ2n) is 5.09. The van der Waals surface area contributed by atoms with Gasteiger partial charge in [-0.2, -0.15) is 0 Å². The molecule has 0 radical (unpaired) electrons. The molecule has 0 aliphatic rings. The zero-order chi connectivity index (χ0) is 15.2. The number of hydrogen-bond acceptors (Lipinski definition) is 2. The van der Waals surface area contributed by atoms with E-state index in [1.165, 1.54) is 17.7 Å². The number of hydrogen-bond donors (Lipinski definition) is 1. The Kier molecular flexibility index (Phi) is 5.59. The van der Waals surface area contributed by atoms with E-state index in [4.69, 9.17) is 22.1 Å². The molecule has 1 unspecified atom stereocenters. The third-order valence-electron chi connectivity index (χ3n) is 3.53. The van der Waals surface area contributed by atoms with Crippen LogP contribution in [0.3, 0.4) is 0 Å². The number of methoxy groups -OCH3 is 1. The highest BCUT2D eigenvalue weighted by Crippen LogP contribution is 2.22. The molecule has 0 saturated heterocycles. The lowest BCUT2D eigenvalue weighted by molar-refractivity contribution is 0.414. The van der Waals surface area contributed by atoms with E-state index in [9.17, 15) is 4.39 Å². The minimum absolute atomic E-state index is 0.220. The molecule has 112 valence electrons. The maximum Gasteiger partial charge on any atom is 0.123 e. The van der Waals surface area contributed by atoms with Crippen molar-refractivity contribution < 1.29 is 9.13 Å². The summed E-state index contributed by atoms with van der Waals surface area (Å²) >= 11 is 6.12. The molecule has 0 aromatic heterocycles. The van der Waals surface area contributed by atoms with Gasteiger partial charge in [-0.1, -0.05) is 23.7 Å². The fourth-order valence-corrected chi connectivity index (χ4v) is 2.54. The zero-order valence-electron chi connectivity index (χ0n) is 12.0. The molecule has 0 aliphatic heterocycles. The monoisotopic (exact) mass is 307 g/mol. The summed E-state index contributed by atoms with van der Waals surface area (Å²) in [4.78, 5) is 0. The molecule has 2 nitrogen and oxygen atoms in total. The molecule has 2 aromatic carbocycles. The molecule has 0 saturated carbocycles. The second-order valence-corrected chi connectivity index (χ2v) is 5.50. The highest BCUT2D eigenvalue weighted by Gasteiger charge is 2.12. The van der Waals surface area contributed by atoms with Crippen molar-refractivity contribution in [1.82, 2.24) is 0 Å². The SMILES string of the molecule is COc1ccc(CC(CN)Cc2cc(F)ccc2Cl)cc1. The maximum absolute atomic E-state index is 13.3. The Hall–Kier alpha value is -1.58. The van der Waals surface area contributed by atoms with Crippen molar-refractivity contribution in [3.05, 3.63) is 64.4 Å². The molecule has 0 bridgehead atoms. The van der Waals surface area contributed by atoms with Crippen LogP contribution in [0.1, 0.15) is 11.1 Å². The summed E-state index contributed by atoms with van der Waals surface area (Å²) in [5.41, 5.74) is 7.84. The van der Waals surface area contributed by atoms with E-state index in [-0.39, 0.29) is 11.7 Å². The summed E-state index contributed by atoms with van der Waals surface area (Å²) in [7, 11) is 1.64. The normalized spacial score (nSPS) is 12.2. The van der Waals surface area contributed by atoms with Crippen LogP contribution in [-0.2, 0) is 12.8 Å². The lowest BCUT2D eigenvalue weighted by atomic mass is 9.92. The first-order chi connectivity index (χ1) is 10.1. The van der Waals surface area contributed by atoms with Crippen molar-refractivity contribution in [3.63, 3.8) is 0 Å². The Morgan fingerprint density at radius 2 is 1.86 bits per heavy atom. The molecule has 0 fully saturated rings. The Balaban J connectivity index is 2.07. The van der Waals surface area contributed by atoms with Crippen LogP contribution >= 0.6 is 11.6 Å². The van der Waals surface area contributed by atoms with Gasteiger partial charge in [-0.15, -0.1) is 0 Å². The molecule has 0 heterocycles. The Bertz CT molecular complexity index is 586. The van der Waals surface area contributed by atoms with Gasteiger partial charge in [0.2, 0.25) is 0 Å². The van der Waals surface area contributed by atoms with Crippen LogP contribution < -0.4 is 10.5 Å². The largest absolute Gasteiger partial charge is 0.497 e. The molecule has 0 spiro atoms. The van der Waals surface area contributed by atoms with Gasteiger partial charge < -0.3 is 10.5 Å². The quantitative estimate of drug-likeness (QED) is 0.880. The smallest absolute Gasteiger partial charge is 0.123 e. The van der Waals surface area contributed by atoms with Crippen LogP contribution in [-0.4, -0.2) is 13.7 Å². The highest BCUT2D eigenvalue weighted by atomic mass is 35.5. The molecular weight excluding hydrogens is 289 g/mol. The lowest BCUT2D eigenvalue weighted by Crippen LogP contribution is -2.19. The van der Waals surface area contributed by atoms with Crippen molar-refractivity contribution in [3.8, 4) is 5.75 Å². The number of ether oxygens (including phenoxy) is 1. The number of halogens is 2. The van der Waals surface area contributed by atoms with Crippen molar-refractivity contribution >= 4 is 11.6 Å². The standard InChI is InChI=1S/C17H19ClFNO/c1-21-16-5-2-12(3-6-16)8-13(11-20)9-14-10-15(19)4-7-17(14)18/h2-7,10,13H,8-9,11,20H2,1H3. The summed E-state index contributed by atoms with van der Waals surface area (Å²) in [6, 6.07) is 12.3. The van der Waals surface area contributed by atoms with Crippen LogP contribution in [0.4, 0.5) is 4.39 Å². The van der Waals surface area contributed by atoms with Crippen molar-refractivity contribution in [1.29, 1.82) is 0 Å². The predicted molar refractivity (Wildman–Crippen MR) is 84.4 cm³/mol. The van der Waals surface area contributed by atoms with Crippen LogP contribution in [0, 0.1) is 11.7 Å². The Morgan fingerprint density at radius 3 is 2.48 bits per heavy atom. The molecule has 4 heteroatoms.